The summed E-state index contributed by atoms with van der Waals surface area (Å²) < 4.78 is 13.8. The van der Waals surface area contributed by atoms with Crippen LogP contribution in [0.4, 0.5) is 4.39 Å². The summed E-state index contributed by atoms with van der Waals surface area (Å²) in [5, 5.41) is 0. The Morgan fingerprint density at radius 1 is 1.22 bits per heavy atom. The largest absolute Gasteiger partial charge is 0.370 e. The number of carbonyl (C=O) groups is 2. The van der Waals surface area contributed by atoms with Crippen molar-refractivity contribution >= 4 is 11.8 Å². The fourth-order valence-corrected chi connectivity index (χ4v) is 5.20. The second-order valence-electron chi connectivity index (χ2n) is 8.85. The first-order valence-corrected chi connectivity index (χ1v) is 10.8. The molecule has 2 amide bonds. The minimum Gasteiger partial charge on any atom is -0.370 e. The van der Waals surface area contributed by atoms with Crippen LogP contribution >= 0.6 is 0 Å². The third-order valence-electron chi connectivity index (χ3n) is 6.63. The van der Waals surface area contributed by atoms with E-state index in [1.165, 1.54) is 12.1 Å². The Hall–Kier alpha value is -3.24. The van der Waals surface area contributed by atoms with Gasteiger partial charge in [-0.2, -0.15) is 0 Å². The van der Waals surface area contributed by atoms with Gasteiger partial charge in [0.05, 0.1) is 11.3 Å². The molecular formula is C25H27FN4O2. The van der Waals surface area contributed by atoms with Crippen molar-refractivity contribution in [2.45, 2.75) is 26.3 Å². The topological polar surface area (TPSA) is 79.5 Å². The highest BCUT2D eigenvalue weighted by atomic mass is 19.1. The van der Waals surface area contributed by atoms with Gasteiger partial charge in [-0.3, -0.25) is 14.5 Å². The highest BCUT2D eigenvalue weighted by Gasteiger charge is 2.44. The van der Waals surface area contributed by atoms with Crippen LogP contribution in [-0.4, -0.2) is 52.8 Å². The van der Waals surface area contributed by atoms with Crippen LogP contribution in [0.3, 0.4) is 0 Å². The van der Waals surface area contributed by atoms with Crippen LogP contribution in [-0.2, 0) is 4.79 Å². The van der Waals surface area contributed by atoms with Gasteiger partial charge in [-0.15, -0.1) is 6.42 Å². The molecule has 2 saturated heterocycles. The molecule has 3 atom stereocenters. The summed E-state index contributed by atoms with van der Waals surface area (Å²) in [5.74, 6) is 2.35. The standard InChI is InChI=1S/C25H27FN4O2/c1-4-21-8-15(2)24(16(3)28-21)25(32)30-13-18-11-29(12-19(18)14-30)22(10-23(27)31)17-6-5-7-20(26)9-17/h1,5-9,18-19,22H,10-14H2,2-3H3,(H2,27,31)/t18?,19?,22-/m0/s1. The molecule has 2 aliphatic rings. The van der Waals surface area contributed by atoms with Gasteiger partial charge in [-0.25, -0.2) is 9.37 Å². The zero-order valence-corrected chi connectivity index (χ0v) is 18.3. The van der Waals surface area contributed by atoms with Gasteiger partial charge in [0.25, 0.3) is 5.91 Å². The van der Waals surface area contributed by atoms with Gasteiger partial charge in [-0.1, -0.05) is 18.1 Å². The maximum absolute atomic E-state index is 13.8. The molecule has 32 heavy (non-hydrogen) atoms. The van der Waals surface area contributed by atoms with E-state index in [0.717, 1.165) is 24.2 Å². The first kappa shape index (κ1) is 22.0. The Kier molecular flexibility index (Phi) is 5.98. The third kappa shape index (κ3) is 4.23. The average molecular weight is 435 g/mol. The molecule has 2 fully saturated rings. The van der Waals surface area contributed by atoms with Gasteiger partial charge < -0.3 is 10.6 Å². The van der Waals surface area contributed by atoms with E-state index in [4.69, 9.17) is 12.2 Å². The predicted molar refractivity (Wildman–Crippen MR) is 119 cm³/mol. The van der Waals surface area contributed by atoms with Crippen molar-refractivity contribution in [3.05, 3.63) is 64.2 Å². The Balaban J connectivity index is 1.48. The molecule has 7 heteroatoms. The lowest BCUT2D eigenvalue weighted by Crippen LogP contribution is -2.36. The van der Waals surface area contributed by atoms with E-state index in [1.54, 1.807) is 12.1 Å². The van der Waals surface area contributed by atoms with Crippen molar-refractivity contribution < 1.29 is 14.0 Å². The summed E-state index contributed by atoms with van der Waals surface area (Å²) in [7, 11) is 0. The summed E-state index contributed by atoms with van der Waals surface area (Å²) in [6.45, 7) is 6.44. The van der Waals surface area contributed by atoms with Gasteiger partial charge in [-0.05, 0) is 55.0 Å². The van der Waals surface area contributed by atoms with E-state index >= 15 is 0 Å². The van der Waals surface area contributed by atoms with Crippen LogP contribution in [0.1, 0.15) is 45.3 Å². The summed E-state index contributed by atoms with van der Waals surface area (Å²) in [6, 6.07) is 7.85. The lowest BCUT2D eigenvalue weighted by molar-refractivity contribution is -0.119. The van der Waals surface area contributed by atoms with E-state index < -0.39 is 5.91 Å². The number of amides is 2. The molecule has 166 valence electrons. The SMILES string of the molecule is C#Cc1cc(C)c(C(=O)N2CC3CN([C@@H](CC(N)=O)c4cccc(F)c4)CC3C2)c(C)n1. The number of primary amides is 1. The van der Waals surface area contributed by atoms with Gasteiger partial charge >= 0.3 is 0 Å². The van der Waals surface area contributed by atoms with E-state index in [9.17, 15) is 14.0 Å². The second kappa shape index (κ2) is 8.71. The summed E-state index contributed by atoms with van der Waals surface area (Å²) in [6.07, 6.45) is 5.59. The van der Waals surface area contributed by atoms with Crippen molar-refractivity contribution in [2.24, 2.45) is 17.6 Å². The van der Waals surface area contributed by atoms with Crippen molar-refractivity contribution in [1.29, 1.82) is 0 Å². The zero-order chi connectivity index (χ0) is 23.0. The van der Waals surface area contributed by atoms with Crippen LogP contribution in [0.2, 0.25) is 0 Å². The van der Waals surface area contributed by atoms with Crippen molar-refractivity contribution in [3.8, 4) is 12.3 Å². The van der Waals surface area contributed by atoms with Gasteiger partial charge in [0, 0.05) is 38.6 Å². The maximum Gasteiger partial charge on any atom is 0.255 e. The molecule has 2 aliphatic heterocycles. The molecule has 3 heterocycles. The molecule has 4 rings (SSSR count). The fraction of sp³-hybridized carbons (Fsp3) is 0.400. The number of rotatable bonds is 5. The number of aromatic nitrogens is 1. The number of likely N-dealkylation sites (tertiary alicyclic amines) is 2. The van der Waals surface area contributed by atoms with E-state index in [0.29, 0.717) is 41.9 Å². The number of terminal acetylenes is 1. The molecule has 0 spiro atoms. The van der Waals surface area contributed by atoms with Gasteiger partial charge in [0.15, 0.2) is 0 Å². The number of fused-ring (bicyclic) bond motifs is 1. The number of hydrogen-bond acceptors (Lipinski definition) is 4. The summed E-state index contributed by atoms with van der Waals surface area (Å²) >= 11 is 0. The van der Waals surface area contributed by atoms with E-state index in [2.05, 4.69) is 15.8 Å². The first-order chi connectivity index (χ1) is 15.3. The lowest BCUT2D eigenvalue weighted by Gasteiger charge is -2.29. The molecule has 6 nitrogen and oxygen atoms in total. The van der Waals surface area contributed by atoms with Crippen LogP contribution in [0.15, 0.2) is 30.3 Å². The predicted octanol–water partition coefficient (Wildman–Crippen LogP) is 2.44. The first-order valence-electron chi connectivity index (χ1n) is 10.8. The van der Waals surface area contributed by atoms with Gasteiger partial charge in [0.2, 0.25) is 5.91 Å². The molecule has 1 aromatic heterocycles. The van der Waals surface area contributed by atoms with Crippen LogP contribution in [0, 0.1) is 43.8 Å². The highest BCUT2D eigenvalue weighted by molar-refractivity contribution is 5.97. The van der Waals surface area contributed by atoms with Crippen molar-refractivity contribution in [2.75, 3.05) is 26.2 Å². The number of nitrogens with two attached hydrogens (primary N) is 1. The van der Waals surface area contributed by atoms with Crippen molar-refractivity contribution in [3.63, 3.8) is 0 Å². The molecule has 2 N–H and O–H groups in total. The monoisotopic (exact) mass is 434 g/mol. The maximum atomic E-state index is 13.8. The summed E-state index contributed by atoms with van der Waals surface area (Å²) in [5.41, 5.74) is 8.88. The number of nitrogens with zero attached hydrogens (tertiary/aromatic N) is 3. The minimum absolute atomic E-state index is 0.0177. The smallest absolute Gasteiger partial charge is 0.255 e. The minimum atomic E-state index is -0.415. The Morgan fingerprint density at radius 2 is 1.91 bits per heavy atom. The molecule has 0 bridgehead atoms. The Bertz CT molecular complexity index is 1070. The quantitative estimate of drug-likeness (QED) is 0.733. The molecule has 2 aromatic rings. The van der Waals surface area contributed by atoms with Crippen LogP contribution in [0.25, 0.3) is 0 Å². The molecular weight excluding hydrogens is 407 g/mol. The lowest BCUT2D eigenvalue weighted by atomic mass is 10.0. The number of aryl methyl sites for hydroxylation is 2. The second-order valence-corrected chi connectivity index (χ2v) is 8.85. The number of pyridine rings is 1. The molecule has 1 aromatic carbocycles. The highest BCUT2D eigenvalue weighted by Crippen LogP contribution is 2.38. The number of benzene rings is 1. The van der Waals surface area contributed by atoms with Crippen LogP contribution in [0.5, 0.6) is 0 Å². The molecule has 2 unspecified atom stereocenters. The molecule has 0 saturated carbocycles. The zero-order valence-electron chi connectivity index (χ0n) is 18.3. The van der Waals surface area contributed by atoms with Gasteiger partial charge in [0.1, 0.15) is 11.5 Å². The van der Waals surface area contributed by atoms with Crippen LogP contribution < -0.4 is 5.73 Å². The number of halogens is 1. The molecule has 0 radical (unpaired) electrons. The normalized spacial score (nSPS) is 21.2. The number of hydrogen-bond donors (Lipinski definition) is 1. The Labute approximate surface area is 187 Å². The van der Waals surface area contributed by atoms with Crippen molar-refractivity contribution in [1.82, 2.24) is 14.8 Å². The molecule has 0 aliphatic carbocycles. The Morgan fingerprint density at radius 3 is 2.47 bits per heavy atom. The average Bonchev–Trinajstić information content (AvgIpc) is 3.30. The number of carbonyl (C=O) groups excluding carboxylic acids is 2. The third-order valence-corrected chi connectivity index (χ3v) is 6.63. The summed E-state index contributed by atoms with van der Waals surface area (Å²) in [4.78, 5) is 33.4. The van der Waals surface area contributed by atoms with E-state index in [1.807, 2.05) is 24.8 Å². The fourth-order valence-electron chi connectivity index (χ4n) is 5.20. The van der Waals surface area contributed by atoms with E-state index in [-0.39, 0.29) is 24.2 Å².